The zero-order valence-corrected chi connectivity index (χ0v) is 38.8. The SMILES string of the molecule is Cc1ccc2c(c1)c1cc(-c3ccc4c(c3)c3cc(-c5ccc6c(c5)c5cc(-c7cccc8c7oc7ccccc78)ccc5n6-c5ccccc5)ccc3n4-c3ccccc3)ccc1n2-c1ccccc1. The maximum absolute atomic E-state index is 6.56. The maximum Gasteiger partial charge on any atom is 0.143 e. The predicted octanol–water partition coefficient (Wildman–Crippen LogP) is 18.2. The summed E-state index contributed by atoms with van der Waals surface area (Å²) in [5.74, 6) is 0. The summed E-state index contributed by atoms with van der Waals surface area (Å²) in [7, 11) is 0. The van der Waals surface area contributed by atoms with E-state index in [9.17, 15) is 0 Å². The molecule has 332 valence electrons. The predicted molar refractivity (Wildman–Crippen MR) is 298 cm³/mol. The van der Waals surface area contributed by atoms with Gasteiger partial charge in [0.05, 0.1) is 33.1 Å². The molecular weight excluding hydrogens is 863 g/mol. The number of rotatable bonds is 6. The Labute approximate surface area is 409 Å². The number of hydrogen-bond donors (Lipinski definition) is 0. The molecule has 0 N–H and O–H groups in total. The fraction of sp³-hybridized carbons (Fsp3) is 0.0149. The molecule has 15 aromatic rings. The first-order chi connectivity index (χ1) is 35.1. The van der Waals surface area contributed by atoms with Crippen LogP contribution in [0.3, 0.4) is 0 Å². The van der Waals surface area contributed by atoms with Crippen LogP contribution in [-0.2, 0) is 0 Å². The molecule has 4 nitrogen and oxygen atoms in total. The van der Waals surface area contributed by atoms with Gasteiger partial charge in [-0.25, -0.2) is 0 Å². The first kappa shape index (κ1) is 39.6. The number of furan rings is 1. The van der Waals surface area contributed by atoms with Crippen LogP contribution in [0.15, 0.2) is 247 Å². The van der Waals surface area contributed by atoms with Crippen LogP contribution in [0.2, 0.25) is 0 Å². The molecule has 0 atom stereocenters. The number of aryl methyl sites for hydroxylation is 1. The van der Waals surface area contributed by atoms with Gasteiger partial charge in [0.2, 0.25) is 0 Å². The van der Waals surface area contributed by atoms with Crippen LogP contribution in [0.1, 0.15) is 5.56 Å². The van der Waals surface area contributed by atoms with Crippen molar-refractivity contribution in [2.24, 2.45) is 0 Å². The zero-order valence-electron chi connectivity index (χ0n) is 38.8. The molecule has 71 heavy (non-hydrogen) atoms. The fourth-order valence-electron chi connectivity index (χ4n) is 11.6. The largest absolute Gasteiger partial charge is 0.455 e. The highest BCUT2D eigenvalue weighted by Gasteiger charge is 2.20. The lowest BCUT2D eigenvalue weighted by Crippen LogP contribution is -1.93. The summed E-state index contributed by atoms with van der Waals surface area (Å²) in [6.07, 6.45) is 0. The molecule has 15 rings (SSSR count). The molecule has 0 saturated heterocycles. The van der Waals surface area contributed by atoms with Gasteiger partial charge >= 0.3 is 0 Å². The molecule has 4 heteroatoms. The van der Waals surface area contributed by atoms with Crippen LogP contribution in [0.25, 0.3) is 138 Å². The van der Waals surface area contributed by atoms with Crippen LogP contribution in [-0.4, -0.2) is 13.7 Å². The van der Waals surface area contributed by atoms with Gasteiger partial charge in [0.1, 0.15) is 11.2 Å². The van der Waals surface area contributed by atoms with E-state index in [4.69, 9.17) is 4.42 Å². The normalized spacial score (nSPS) is 12.0. The first-order valence-corrected chi connectivity index (χ1v) is 24.4. The molecule has 0 amide bonds. The fourth-order valence-corrected chi connectivity index (χ4v) is 11.6. The van der Waals surface area contributed by atoms with Gasteiger partial charge in [-0.15, -0.1) is 0 Å². The quantitative estimate of drug-likeness (QED) is 0.163. The van der Waals surface area contributed by atoms with Crippen LogP contribution < -0.4 is 0 Å². The van der Waals surface area contributed by atoms with Gasteiger partial charge in [0.25, 0.3) is 0 Å². The van der Waals surface area contributed by atoms with Gasteiger partial charge < -0.3 is 18.1 Å². The molecule has 0 aliphatic heterocycles. The van der Waals surface area contributed by atoms with E-state index in [1.807, 2.05) is 6.07 Å². The topological polar surface area (TPSA) is 27.9 Å². The first-order valence-electron chi connectivity index (χ1n) is 24.4. The van der Waals surface area contributed by atoms with Crippen LogP contribution >= 0.6 is 0 Å². The number of fused-ring (bicyclic) bond motifs is 12. The average molecular weight is 906 g/mol. The third-order valence-corrected chi connectivity index (χ3v) is 14.9. The van der Waals surface area contributed by atoms with Crippen LogP contribution in [0, 0.1) is 6.92 Å². The van der Waals surface area contributed by atoms with Crippen molar-refractivity contribution in [3.05, 3.63) is 248 Å². The third-order valence-electron chi connectivity index (χ3n) is 14.9. The lowest BCUT2D eigenvalue weighted by molar-refractivity contribution is 0.670. The Balaban J connectivity index is 0.918. The molecule has 0 spiro atoms. The molecule has 4 aromatic heterocycles. The average Bonchev–Trinajstić information content (AvgIpc) is 4.17. The van der Waals surface area contributed by atoms with Gasteiger partial charge in [-0.3, -0.25) is 0 Å². The van der Waals surface area contributed by atoms with E-state index >= 15 is 0 Å². The van der Waals surface area contributed by atoms with Gasteiger partial charge in [0.15, 0.2) is 0 Å². The van der Waals surface area contributed by atoms with Gasteiger partial charge in [-0.1, -0.05) is 133 Å². The summed E-state index contributed by atoms with van der Waals surface area (Å²) in [5.41, 5.74) is 20.6. The van der Waals surface area contributed by atoms with Gasteiger partial charge in [-0.05, 0) is 150 Å². The Hall–Kier alpha value is -9.38. The van der Waals surface area contributed by atoms with E-state index in [1.54, 1.807) is 0 Å². The smallest absolute Gasteiger partial charge is 0.143 e. The molecular formula is C67H43N3O. The molecule has 11 aromatic carbocycles. The van der Waals surface area contributed by atoms with Crippen LogP contribution in [0.4, 0.5) is 0 Å². The minimum Gasteiger partial charge on any atom is -0.455 e. The molecule has 0 aliphatic carbocycles. The van der Waals surface area contributed by atoms with Crippen molar-refractivity contribution in [1.29, 1.82) is 0 Å². The maximum atomic E-state index is 6.56. The Morgan fingerprint density at radius 3 is 1.07 bits per heavy atom. The number of aromatic nitrogens is 3. The molecule has 0 radical (unpaired) electrons. The third kappa shape index (κ3) is 6.05. The summed E-state index contributed by atoms with van der Waals surface area (Å²) >= 11 is 0. The minimum atomic E-state index is 0.904. The summed E-state index contributed by atoms with van der Waals surface area (Å²) in [6.45, 7) is 2.18. The summed E-state index contributed by atoms with van der Waals surface area (Å²) in [4.78, 5) is 0. The van der Waals surface area contributed by atoms with Crippen molar-refractivity contribution in [2.45, 2.75) is 6.92 Å². The van der Waals surface area contributed by atoms with Crippen molar-refractivity contribution in [3.63, 3.8) is 0 Å². The Morgan fingerprint density at radius 2 is 0.620 bits per heavy atom. The molecule has 0 saturated carbocycles. The zero-order chi connectivity index (χ0) is 46.7. The number of benzene rings is 11. The lowest BCUT2D eigenvalue weighted by atomic mass is 9.97. The number of para-hydroxylation sites is 5. The van der Waals surface area contributed by atoms with Gasteiger partial charge in [-0.2, -0.15) is 0 Å². The van der Waals surface area contributed by atoms with Crippen molar-refractivity contribution in [3.8, 4) is 50.4 Å². The summed E-state index contributed by atoms with van der Waals surface area (Å²) < 4.78 is 13.8. The van der Waals surface area contributed by atoms with E-state index in [1.165, 1.54) is 87.7 Å². The minimum absolute atomic E-state index is 0.904. The highest BCUT2D eigenvalue weighted by atomic mass is 16.3. The highest BCUT2D eigenvalue weighted by molar-refractivity contribution is 6.16. The van der Waals surface area contributed by atoms with Crippen molar-refractivity contribution >= 4 is 87.4 Å². The Morgan fingerprint density at radius 1 is 0.268 bits per heavy atom. The molecule has 4 heterocycles. The second-order valence-electron chi connectivity index (χ2n) is 19.0. The standard InChI is InChI=1S/C67H43N3O/c1-42-24-30-60-54(36-42)55-37-43(25-31-61(55)68(60)48-14-5-2-6-15-48)44-26-32-62-56(38-44)57-39-45(27-33-63(57)69(62)49-16-7-3-8-17-49)46-28-34-64-58(40-46)59-41-47(29-35-65(59)70(64)50-18-9-4-10-19-50)51-21-13-22-53-52-20-11-12-23-66(52)71-67(51)53/h2-41H,1H3. The summed E-state index contributed by atoms with van der Waals surface area (Å²) in [5, 5.41) is 9.62. The van der Waals surface area contributed by atoms with E-state index in [-0.39, 0.29) is 0 Å². The van der Waals surface area contributed by atoms with Crippen molar-refractivity contribution in [1.82, 2.24) is 13.7 Å². The molecule has 0 unspecified atom stereocenters. The van der Waals surface area contributed by atoms with Crippen LogP contribution in [0.5, 0.6) is 0 Å². The van der Waals surface area contributed by atoms with E-state index in [0.717, 1.165) is 55.6 Å². The Bertz CT molecular complexity index is 4630. The molecule has 0 aliphatic rings. The molecule has 0 bridgehead atoms. The summed E-state index contributed by atoms with van der Waals surface area (Å²) in [6, 6.07) is 88.7. The van der Waals surface area contributed by atoms with E-state index in [2.05, 4.69) is 257 Å². The molecule has 0 fully saturated rings. The number of hydrogen-bond acceptors (Lipinski definition) is 1. The second-order valence-corrected chi connectivity index (χ2v) is 19.0. The van der Waals surface area contributed by atoms with Crippen molar-refractivity contribution in [2.75, 3.05) is 0 Å². The van der Waals surface area contributed by atoms with Gasteiger partial charge in [0, 0.05) is 65.7 Å². The van der Waals surface area contributed by atoms with E-state index < -0.39 is 0 Å². The van der Waals surface area contributed by atoms with E-state index in [0.29, 0.717) is 0 Å². The number of nitrogens with zero attached hydrogens (tertiary/aromatic N) is 3. The Kier molecular flexibility index (Phi) is 8.54. The monoisotopic (exact) mass is 905 g/mol. The van der Waals surface area contributed by atoms with Crippen molar-refractivity contribution < 1.29 is 4.42 Å². The second kappa shape index (κ2) is 15.3. The lowest BCUT2D eigenvalue weighted by Gasteiger charge is -2.09. The highest BCUT2D eigenvalue weighted by Crippen LogP contribution is 2.43.